The SMILES string of the molecule is COCCCNC(=S)N1CCc2ccccc2C1. The minimum Gasteiger partial charge on any atom is -0.385 e. The van der Waals surface area contributed by atoms with E-state index in [-0.39, 0.29) is 0 Å². The Morgan fingerprint density at radius 3 is 2.94 bits per heavy atom. The van der Waals surface area contributed by atoms with Gasteiger partial charge >= 0.3 is 0 Å². The lowest BCUT2D eigenvalue weighted by atomic mass is 10.0. The van der Waals surface area contributed by atoms with Crippen LogP contribution in [0.15, 0.2) is 24.3 Å². The Morgan fingerprint density at radius 2 is 2.17 bits per heavy atom. The highest BCUT2D eigenvalue weighted by atomic mass is 32.1. The van der Waals surface area contributed by atoms with Gasteiger partial charge in [0, 0.05) is 33.4 Å². The summed E-state index contributed by atoms with van der Waals surface area (Å²) >= 11 is 5.43. The summed E-state index contributed by atoms with van der Waals surface area (Å²) in [5.74, 6) is 0. The first-order valence-corrected chi connectivity index (χ1v) is 6.80. The second-order valence-corrected chi connectivity index (χ2v) is 4.91. The van der Waals surface area contributed by atoms with Gasteiger partial charge < -0.3 is 15.0 Å². The van der Waals surface area contributed by atoms with Crippen LogP contribution in [0.5, 0.6) is 0 Å². The summed E-state index contributed by atoms with van der Waals surface area (Å²) in [4.78, 5) is 2.24. The number of thiocarbonyl (C=S) groups is 1. The topological polar surface area (TPSA) is 24.5 Å². The molecule has 1 aliphatic rings. The second-order valence-electron chi connectivity index (χ2n) is 4.52. The van der Waals surface area contributed by atoms with Crippen molar-refractivity contribution in [2.75, 3.05) is 26.8 Å². The van der Waals surface area contributed by atoms with E-state index in [0.717, 1.165) is 44.2 Å². The summed E-state index contributed by atoms with van der Waals surface area (Å²) in [7, 11) is 1.72. The Balaban J connectivity index is 1.83. The van der Waals surface area contributed by atoms with Crippen LogP contribution < -0.4 is 5.32 Å². The molecule has 0 fully saturated rings. The third kappa shape index (κ3) is 3.43. The van der Waals surface area contributed by atoms with Crippen LogP contribution in [0.3, 0.4) is 0 Å². The quantitative estimate of drug-likeness (QED) is 0.664. The van der Waals surface area contributed by atoms with Crippen LogP contribution in [-0.2, 0) is 17.7 Å². The maximum absolute atomic E-state index is 5.43. The Bertz CT molecular complexity index is 409. The maximum Gasteiger partial charge on any atom is 0.169 e. The van der Waals surface area contributed by atoms with E-state index < -0.39 is 0 Å². The predicted octanol–water partition coefficient (Wildman–Crippen LogP) is 1.96. The summed E-state index contributed by atoms with van der Waals surface area (Å²) in [5, 5.41) is 4.16. The Hall–Kier alpha value is -1.13. The van der Waals surface area contributed by atoms with Crippen molar-refractivity contribution in [1.29, 1.82) is 0 Å². The zero-order valence-corrected chi connectivity index (χ0v) is 11.6. The summed E-state index contributed by atoms with van der Waals surface area (Å²) in [5.41, 5.74) is 2.85. The number of hydrogen-bond donors (Lipinski definition) is 1. The number of fused-ring (bicyclic) bond motifs is 1. The van der Waals surface area contributed by atoms with Crippen molar-refractivity contribution >= 4 is 17.3 Å². The molecule has 0 aliphatic carbocycles. The number of rotatable bonds is 4. The van der Waals surface area contributed by atoms with E-state index in [1.165, 1.54) is 11.1 Å². The van der Waals surface area contributed by atoms with Crippen LogP contribution in [0.2, 0.25) is 0 Å². The molecule has 18 heavy (non-hydrogen) atoms. The number of nitrogens with zero attached hydrogens (tertiary/aromatic N) is 1. The van der Waals surface area contributed by atoms with Gasteiger partial charge in [-0.3, -0.25) is 0 Å². The van der Waals surface area contributed by atoms with Crippen LogP contribution in [0, 0.1) is 0 Å². The molecular weight excluding hydrogens is 244 g/mol. The molecule has 0 amide bonds. The molecule has 0 saturated carbocycles. The molecule has 0 unspecified atom stereocenters. The molecule has 0 atom stereocenters. The highest BCUT2D eigenvalue weighted by molar-refractivity contribution is 7.80. The Morgan fingerprint density at radius 1 is 1.39 bits per heavy atom. The molecule has 0 radical (unpaired) electrons. The van der Waals surface area contributed by atoms with Crippen molar-refractivity contribution in [3.63, 3.8) is 0 Å². The summed E-state index contributed by atoms with van der Waals surface area (Å²) in [6, 6.07) is 8.60. The molecule has 1 aromatic rings. The molecule has 3 nitrogen and oxygen atoms in total. The van der Waals surface area contributed by atoms with Crippen LogP contribution in [-0.4, -0.2) is 36.8 Å². The van der Waals surface area contributed by atoms with Crippen molar-refractivity contribution in [2.45, 2.75) is 19.4 Å². The monoisotopic (exact) mass is 264 g/mol. The largest absolute Gasteiger partial charge is 0.385 e. The van der Waals surface area contributed by atoms with Crippen molar-refractivity contribution in [1.82, 2.24) is 10.2 Å². The Labute approximate surface area is 114 Å². The first-order valence-electron chi connectivity index (χ1n) is 6.40. The molecule has 1 aromatic carbocycles. The lowest BCUT2D eigenvalue weighted by Crippen LogP contribution is -2.42. The van der Waals surface area contributed by atoms with Gasteiger partial charge in [0.15, 0.2) is 5.11 Å². The van der Waals surface area contributed by atoms with Crippen molar-refractivity contribution in [3.05, 3.63) is 35.4 Å². The third-order valence-corrected chi connectivity index (χ3v) is 3.62. The minimum absolute atomic E-state index is 0.776. The van der Waals surface area contributed by atoms with Crippen molar-refractivity contribution in [3.8, 4) is 0 Å². The molecule has 98 valence electrons. The number of methoxy groups -OCH3 is 1. The first kappa shape index (κ1) is 13.3. The van der Waals surface area contributed by atoms with Gasteiger partial charge in [0.05, 0.1) is 0 Å². The molecular formula is C14H20N2OS. The van der Waals surface area contributed by atoms with Crippen LogP contribution in [0.1, 0.15) is 17.5 Å². The molecule has 0 spiro atoms. The highest BCUT2D eigenvalue weighted by Gasteiger charge is 2.17. The fourth-order valence-corrected chi connectivity index (χ4v) is 2.45. The highest BCUT2D eigenvalue weighted by Crippen LogP contribution is 2.18. The fourth-order valence-electron chi connectivity index (χ4n) is 2.19. The third-order valence-electron chi connectivity index (χ3n) is 3.22. The summed E-state index contributed by atoms with van der Waals surface area (Å²) in [6.07, 6.45) is 2.07. The minimum atomic E-state index is 0.776. The zero-order chi connectivity index (χ0) is 12.8. The lowest BCUT2D eigenvalue weighted by Gasteiger charge is -2.31. The zero-order valence-electron chi connectivity index (χ0n) is 10.8. The van der Waals surface area contributed by atoms with E-state index in [9.17, 15) is 0 Å². The smallest absolute Gasteiger partial charge is 0.169 e. The average molecular weight is 264 g/mol. The van der Waals surface area contributed by atoms with E-state index in [2.05, 4.69) is 34.5 Å². The fraction of sp³-hybridized carbons (Fsp3) is 0.500. The van der Waals surface area contributed by atoms with Gasteiger partial charge in [-0.1, -0.05) is 24.3 Å². The molecule has 2 rings (SSSR count). The van der Waals surface area contributed by atoms with E-state index in [1.54, 1.807) is 7.11 Å². The van der Waals surface area contributed by atoms with Crippen molar-refractivity contribution < 1.29 is 4.74 Å². The molecule has 1 heterocycles. The van der Waals surface area contributed by atoms with Gasteiger partial charge in [0.2, 0.25) is 0 Å². The van der Waals surface area contributed by atoms with Gasteiger partial charge in [-0.05, 0) is 36.2 Å². The molecule has 4 heteroatoms. The van der Waals surface area contributed by atoms with E-state index in [1.807, 2.05) is 0 Å². The molecule has 0 saturated heterocycles. The Kier molecular flexibility index (Phi) is 4.96. The predicted molar refractivity (Wildman–Crippen MR) is 77.6 cm³/mol. The van der Waals surface area contributed by atoms with Gasteiger partial charge in [-0.2, -0.15) is 0 Å². The average Bonchev–Trinajstić information content (AvgIpc) is 2.43. The number of benzene rings is 1. The number of nitrogens with one attached hydrogen (secondary N) is 1. The van der Waals surface area contributed by atoms with Crippen molar-refractivity contribution in [2.24, 2.45) is 0 Å². The molecule has 0 bridgehead atoms. The van der Waals surface area contributed by atoms with Gasteiger partial charge in [0.1, 0.15) is 0 Å². The van der Waals surface area contributed by atoms with E-state index in [4.69, 9.17) is 17.0 Å². The van der Waals surface area contributed by atoms with Gasteiger partial charge in [-0.15, -0.1) is 0 Å². The normalized spacial score (nSPS) is 14.2. The van der Waals surface area contributed by atoms with Crippen LogP contribution >= 0.6 is 12.2 Å². The standard InChI is InChI=1S/C14H20N2OS/c1-17-10-4-8-15-14(18)16-9-7-12-5-2-3-6-13(12)11-16/h2-3,5-6H,4,7-11H2,1H3,(H,15,18). The maximum atomic E-state index is 5.43. The first-order chi connectivity index (χ1) is 8.81. The van der Waals surface area contributed by atoms with Gasteiger partial charge in [-0.25, -0.2) is 0 Å². The second kappa shape index (κ2) is 6.71. The number of hydrogen-bond acceptors (Lipinski definition) is 2. The number of ether oxygens (including phenoxy) is 1. The lowest BCUT2D eigenvalue weighted by molar-refractivity contribution is 0.195. The van der Waals surface area contributed by atoms with Gasteiger partial charge in [0.25, 0.3) is 0 Å². The van der Waals surface area contributed by atoms with E-state index in [0.29, 0.717) is 0 Å². The van der Waals surface area contributed by atoms with Crippen LogP contribution in [0.25, 0.3) is 0 Å². The summed E-state index contributed by atoms with van der Waals surface area (Å²) < 4.78 is 5.02. The molecule has 0 aromatic heterocycles. The molecule has 1 N–H and O–H groups in total. The summed E-state index contributed by atoms with van der Waals surface area (Å²) in [6.45, 7) is 3.59. The van der Waals surface area contributed by atoms with Crippen LogP contribution in [0.4, 0.5) is 0 Å². The molecule has 1 aliphatic heterocycles. The van der Waals surface area contributed by atoms with E-state index >= 15 is 0 Å².